The summed E-state index contributed by atoms with van der Waals surface area (Å²) in [4.78, 5) is 10.6. The summed E-state index contributed by atoms with van der Waals surface area (Å²) in [6.45, 7) is 0. The summed E-state index contributed by atoms with van der Waals surface area (Å²) in [6, 6.07) is 91.9. The van der Waals surface area contributed by atoms with E-state index in [1.54, 1.807) is 0 Å². The molecule has 2 nitrogen and oxygen atoms in total. The van der Waals surface area contributed by atoms with Crippen molar-refractivity contribution >= 4 is 10.8 Å². The Morgan fingerprint density at radius 2 is 0.708 bits per heavy atom. The highest BCUT2D eigenvalue weighted by molar-refractivity contribution is 6.05. The first-order valence-electron chi connectivity index (χ1n) is 22.3. The molecule has 0 bridgehead atoms. The van der Waals surface area contributed by atoms with Gasteiger partial charge in [0.2, 0.25) is 0 Å². The van der Waals surface area contributed by atoms with Gasteiger partial charge >= 0.3 is 0 Å². The quantitative estimate of drug-likeness (QED) is 0.152. The molecule has 0 radical (unpaired) electrons. The highest BCUT2D eigenvalue weighted by atomic mass is 14.9. The first kappa shape index (κ1) is 38.2. The van der Waals surface area contributed by atoms with Crippen molar-refractivity contribution in [2.45, 2.75) is 5.41 Å². The first-order valence-corrected chi connectivity index (χ1v) is 22.3. The van der Waals surface area contributed by atoms with Crippen LogP contribution in [0.5, 0.6) is 0 Å². The fourth-order valence-electron chi connectivity index (χ4n) is 10.4. The third kappa shape index (κ3) is 6.41. The van der Waals surface area contributed by atoms with Crippen LogP contribution in [0, 0.1) is 0 Å². The lowest BCUT2D eigenvalue weighted by Gasteiger charge is -2.35. The minimum atomic E-state index is -0.508. The lowest BCUT2D eigenvalue weighted by atomic mass is 9.66. The molecule has 1 aliphatic carbocycles. The lowest BCUT2D eigenvalue weighted by Crippen LogP contribution is -2.29. The summed E-state index contributed by atoms with van der Waals surface area (Å²) in [5, 5.41) is 2.31. The molecule has 1 heterocycles. The molecule has 0 saturated heterocycles. The molecule has 1 aromatic heterocycles. The molecule has 0 saturated carbocycles. The molecule has 65 heavy (non-hydrogen) atoms. The average molecular weight is 827 g/mol. The van der Waals surface area contributed by atoms with Gasteiger partial charge in [-0.2, -0.15) is 0 Å². The highest BCUT2D eigenvalue weighted by Crippen LogP contribution is 2.58. The van der Waals surface area contributed by atoms with Gasteiger partial charge in [0.1, 0.15) is 0 Å². The van der Waals surface area contributed by atoms with E-state index in [-0.39, 0.29) is 0 Å². The Kier molecular flexibility index (Phi) is 9.43. The van der Waals surface area contributed by atoms with Crippen molar-refractivity contribution in [2.24, 2.45) is 0 Å². The zero-order valence-corrected chi connectivity index (χ0v) is 35.6. The van der Waals surface area contributed by atoms with Crippen LogP contribution in [0.1, 0.15) is 22.3 Å². The van der Waals surface area contributed by atoms with Gasteiger partial charge in [0.15, 0.2) is 5.82 Å². The van der Waals surface area contributed by atoms with E-state index in [0.29, 0.717) is 5.82 Å². The van der Waals surface area contributed by atoms with Crippen LogP contribution in [-0.4, -0.2) is 9.97 Å². The molecular formula is C63H42N2. The van der Waals surface area contributed by atoms with Crippen molar-refractivity contribution < 1.29 is 0 Å². The van der Waals surface area contributed by atoms with Crippen LogP contribution in [0.15, 0.2) is 255 Å². The summed E-state index contributed by atoms with van der Waals surface area (Å²) in [5.41, 5.74) is 19.1. The lowest BCUT2D eigenvalue weighted by molar-refractivity contribution is 0.770. The standard InChI is InChI=1S/C63H42N2/c1-5-21-43(22-6-1)49-31-13-16-35-55(49)59-42-60(65-62(64-59)44-23-7-2-8-24-44)56-40-39-50(52-32-14-15-33-53(52)56)45-25-19-26-46(41-45)51-36-20-37-57-54-34-17-18-38-58(54)63(61(51)57,47-27-9-3-10-28-47)48-29-11-4-12-30-48/h1-42H. The molecule has 10 aromatic carbocycles. The van der Waals surface area contributed by atoms with E-state index in [2.05, 4.69) is 237 Å². The highest BCUT2D eigenvalue weighted by Gasteiger charge is 2.47. The maximum absolute atomic E-state index is 5.31. The Labute approximate surface area is 379 Å². The second-order valence-corrected chi connectivity index (χ2v) is 16.8. The summed E-state index contributed by atoms with van der Waals surface area (Å²) >= 11 is 0. The van der Waals surface area contributed by atoms with Crippen molar-refractivity contribution in [2.75, 3.05) is 0 Å². The number of benzene rings is 10. The van der Waals surface area contributed by atoms with Crippen LogP contribution in [-0.2, 0) is 5.41 Å². The van der Waals surface area contributed by atoms with Gasteiger partial charge in [-0.15, -0.1) is 0 Å². The second-order valence-electron chi connectivity index (χ2n) is 16.8. The number of fused-ring (bicyclic) bond motifs is 4. The molecule has 0 aliphatic heterocycles. The van der Waals surface area contributed by atoms with Gasteiger partial charge in [-0.25, -0.2) is 9.97 Å². The maximum Gasteiger partial charge on any atom is 0.160 e. The number of hydrogen-bond acceptors (Lipinski definition) is 2. The van der Waals surface area contributed by atoms with Crippen LogP contribution in [0.4, 0.5) is 0 Å². The van der Waals surface area contributed by atoms with Gasteiger partial charge < -0.3 is 0 Å². The molecule has 1 aliphatic rings. The van der Waals surface area contributed by atoms with Gasteiger partial charge in [0.25, 0.3) is 0 Å². The second kappa shape index (κ2) is 16.0. The molecule has 11 aromatic rings. The topological polar surface area (TPSA) is 25.8 Å². The van der Waals surface area contributed by atoms with Crippen molar-refractivity contribution in [3.05, 3.63) is 277 Å². The van der Waals surface area contributed by atoms with E-state index < -0.39 is 5.41 Å². The zero-order chi connectivity index (χ0) is 43.2. The fraction of sp³-hybridized carbons (Fsp3) is 0.0159. The summed E-state index contributed by atoms with van der Waals surface area (Å²) < 4.78 is 0. The molecular weight excluding hydrogens is 785 g/mol. The summed E-state index contributed by atoms with van der Waals surface area (Å²) in [6.07, 6.45) is 0. The van der Waals surface area contributed by atoms with Gasteiger partial charge in [-0.05, 0) is 89.7 Å². The normalized spacial score (nSPS) is 12.4. The number of nitrogens with zero attached hydrogens (tertiary/aromatic N) is 2. The van der Waals surface area contributed by atoms with Crippen molar-refractivity contribution in [3.63, 3.8) is 0 Å². The zero-order valence-electron chi connectivity index (χ0n) is 35.6. The summed E-state index contributed by atoms with van der Waals surface area (Å²) in [7, 11) is 0. The summed E-state index contributed by atoms with van der Waals surface area (Å²) in [5.74, 6) is 0.696. The molecule has 304 valence electrons. The van der Waals surface area contributed by atoms with Crippen LogP contribution >= 0.6 is 0 Å². The van der Waals surface area contributed by atoms with Gasteiger partial charge in [0.05, 0.1) is 16.8 Å². The largest absolute Gasteiger partial charge is 0.228 e. The van der Waals surface area contributed by atoms with Crippen LogP contribution in [0.25, 0.3) is 89.2 Å². The molecule has 0 amide bonds. The van der Waals surface area contributed by atoms with Crippen LogP contribution < -0.4 is 0 Å². The fourth-order valence-corrected chi connectivity index (χ4v) is 10.4. The van der Waals surface area contributed by atoms with Crippen molar-refractivity contribution in [1.29, 1.82) is 0 Å². The Bertz CT molecular complexity index is 3480. The number of hydrogen-bond donors (Lipinski definition) is 0. The van der Waals surface area contributed by atoms with E-state index in [0.717, 1.165) is 50.2 Å². The Morgan fingerprint density at radius 3 is 1.38 bits per heavy atom. The predicted molar refractivity (Wildman–Crippen MR) is 269 cm³/mol. The van der Waals surface area contributed by atoms with Gasteiger partial charge in [0, 0.05) is 16.7 Å². The van der Waals surface area contributed by atoms with Crippen LogP contribution in [0.2, 0.25) is 0 Å². The van der Waals surface area contributed by atoms with E-state index in [9.17, 15) is 0 Å². The van der Waals surface area contributed by atoms with Gasteiger partial charge in [-0.1, -0.05) is 243 Å². The predicted octanol–water partition coefficient (Wildman–Crippen LogP) is 16.0. The average Bonchev–Trinajstić information content (AvgIpc) is 3.70. The maximum atomic E-state index is 5.31. The SMILES string of the molecule is c1ccc(-c2nc(-c3ccccc3-c3ccccc3)cc(-c3ccc(-c4cccc(-c5cccc6c5C(c5ccccc5)(c5ccccc5)c5ccccc5-6)c4)c4ccccc34)n2)cc1. The van der Waals surface area contributed by atoms with E-state index in [1.165, 1.54) is 55.5 Å². The molecule has 0 N–H and O–H groups in total. The minimum Gasteiger partial charge on any atom is -0.228 e. The smallest absolute Gasteiger partial charge is 0.160 e. The van der Waals surface area contributed by atoms with Crippen LogP contribution in [0.3, 0.4) is 0 Å². The van der Waals surface area contributed by atoms with E-state index >= 15 is 0 Å². The molecule has 0 fully saturated rings. The Morgan fingerprint density at radius 1 is 0.262 bits per heavy atom. The molecule has 2 heteroatoms. The minimum absolute atomic E-state index is 0.508. The van der Waals surface area contributed by atoms with Gasteiger partial charge in [-0.3, -0.25) is 0 Å². The van der Waals surface area contributed by atoms with Crippen molar-refractivity contribution in [1.82, 2.24) is 9.97 Å². The van der Waals surface area contributed by atoms with Crippen molar-refractivity contribution in [3.8, 4) is 78.4 Å². The Balaban J connectivity index is 1.03. The van der Waals surface area contributed by atoms with E-state index in [4.69, 9.17) is 9.97 Å². The molecule has 0 atom stereocenters. The molecule has 12 rings (SSSR count). The van der Waals surface area contributed by atoms with E-state index in [1.807, 2.05) is 18.2 Å². The molecule has 0 spiro atoms. The third-order valence-electron chi connectivity index (χ3n) is 13.2. The number of rotatable bonds is 8. The number of aromatic nitrogens is 2. The monoisotopic (exact) mass is 826 g/mol. The molecule has 0 unspecified atom stereocenters. The Hall–Kier alpha value is -8.46. The first-order chi connectivity index (χ1) is 32.3. The third-order valence-corrected chi connectivity index (χ3v) is 13.2.